The minimum Gasteiger partial charge on any atom is -0.349 e. The van der Waals surface area contributed by atoms with Crippen LogP contribution in [0.25, 0.3) is 11.0 Å². The topological polar surface area (TPSA) is 76.9 Å². The molecule has 0 spiro atoms. The Morgan fingerprint density at radius 2 is 2.03 bits per heavy atom. The quantitative estimate of drug-likeness (QED) is 0.534. The van der Waals surface area contributed by atoms with E-state index in [1.807, 2.05) is 28.9 Å². The summed E-state index contributed by atoms with van der Waals surface area (Å²) in [5.41, 5.74) is 2.20. The number of aromatic nitrogens is 3. The Bertz CT molecular complexity index is 1340. The highest BCUT2D eigenvalue weighted by Crippen LogP contribution is 2.24. The van der Waals surface area contributed by atoms with Crippen LogP contribution >= 0.6 is 0 Å². The maximum atomic E-state index is 13.0. The van der Waals surface area contributed by atoms with Crippen LogP contribution in [-0.4, -0.2) is 26.5 Å². The number of carbonyl (C=O) groups is 1. The molecule has 0 aliphatic heterocycles. The summed E-state index contributed by atoms with van der Waals surface area (Å²) in [7, 11) is 0. The van der Waals surface area contributed by atoms with Gasteiger partial charge in [0, 0.05) is 42.0 Å². The van der Waals surface area contributed by atoms with Gasteiger partial charge in [-0.1, -0.05) is 24.0 Å². The minimum atomic E-state index is -0.327. The number of pyridine rings is 3. The molecule has 0 saturated heterocycles. The largest absolute Gasteiger partial charge is 0.349 e. The number of hydrogen-bond donors (Lipinski definition) is 1. The van der Waals surface area contributed by atoms with Crippen molar-refractivity contribution in [1.29, 1.82) is 0 Å². The Balaban J connectivity index is 1.56. The van der Waals surface area contributed by atoms with E-state index < -0.39 is 0 Å². The third-order valence-corrected chi connectivity index (χ3v) is 5.34. The molecule has 31 heavy (non-hydrogen) atoms. The molecule has 3 aromatic rings. The Hall–Kier alpha value is -3.98. The van der Waals surface area contributed by atoms with Crippen LogP contribution in [0.3, 0.4) is 0 Å². The fraction of sp³-hybridized carbons (Fsp3) is 0.200. The standard InChI is InChI=1S/C25H20N4O2/c30-23-21-7-3-13-27-24(21)29(16-22(23)25(31)28-19-10-11-19)20-6-1-4-17(14-20)8-9-18-5-2-12-26-15-18/h1-3,5-7,12-16,19-20H,4,10-11H2,(H,28,31). The zero-order valence-corrected chi connectivity index (χ0v) is 16.8. The first-order valence-electron chi connectivity index (χ1n) is 10.3. The van der Waals surface area contributed by atoms with Gasteiger partial charge in [-0.2, -0.15) is 0 Å². The van der Waals surface area contributed by atoms with Crippen molar-refractivity contribution < 1.29 is 4.79 Å². The van der Waals surface area contributed by atoms with E-state index in [0.717, 1.165) is 30.4 Å². The van der Waals surface area contributed by atoms with Crippen molar-refractivity contribution in [3.63, 3.8) is 0 Å². The molecule has 1 atom stereocenters. The van der Waals surface area contributed by atoms with Gasteiger partial charge in [0.2, 0.25) is 5.43 Å². The summed E-state index contributed by atoms with van der Waals surface area (Å²) in [4.78, 5) is 34.2. The van der Waals surface area contributed by atoms with Crippen molar-refractivity contribution in [3.05, 3.63) is 94.2 Å². The first-order chi connectivity index (χ1) is 15.2. The van der Waals surface area contributed by atoms with Crippen LogP contribution in [-0.2, 0) is 0 Å². The molecule has 1 saturated carbocycles. The van der Waals surface area contributed by atoms with Gasteiger partial charge in [-0.15, -0.1) is 0 Å². The molecule has 3 aromatic heterocycles. The van der Waals surface area contributed by atoms with Gasteiger partial charge in [-0.25, -0.2) is 4.98 Å². The highest BCUT2D eigenvalue weighted by molar-refractivity contribution is 5.97. The molecular formula is C25H20N4O2. The Morgan fingerprint density at radius 3 is 2.84 bits per heavy atom. The van der Waals surface area contributed by atoms with Gasteiger partial charge in [0.1, 0.15) is 11.2 Å². The van der Waals surface area contributed by atoms with E-state index in [2.05, 4.69) is 33.2 Å². The summed E-state index contributed by atoms with van der Waals surface area (Å²) in [6.07, 6.45) is 15.5. The molecule has 6 heteroatoms. The monoisotopic (exact) mass is 408 g/mol. The molecule has 3 heterocycles. The number of nitrogens with one attached hydrogen (secondary N) is 1. The first-order valence-corrected chi connectivity index (χ1v) is 10.3. The molecule has 1 amide bonds. The molecule has 0 radical (unpaired) electrons. The molecule has 1 N–H and O–H groups in total. The third-order valence-electron chi connectivity index (χ3n) is 5.34. The number of allylic oxidation sites excluding steroid dienone is 4. The van der Waals surface area contributed by atoms with Gasteiger partial charge in [-0.05, 0) is 49.6 Å². The lowest BCUT2D eigenvalue weighted by Gasteiger charge is -2.20. The molecule has 0 bridgehead atoms. The molecule has 0 aromatic carbocycles. The van der Waals surface area contributed by atoms with E-state index in [1.165, 1.54) is 0 Å². The summed E-state index contributed by atoms with van der Waals surface area (Å²) < 4.78 is 1.87. The molecule has 2 aliphatic carbocycles. The number of nitrogens with zero attached hydrogens (tertiary/aromatic N) is 3. The van der Waals surface area contributed by atoms with Crippen molar-refractivity contribution in [1.82, 2.24) is 19.9 Å². The Kier molecular flexibility index (Phi) is 4.93. The normalized spacial score (nSPS) is 17.5. The fourth-order valence-corrected chi connectivity index (χ4v) is 3.58. The fourth-order valence-electron chi connectivity index (χ4n) is 3.58. The molecule has 2 aliphatic rings. The van der Waals surface area contributed by atoms with Crippen LogP contribution in [0.4, 0.5) is 0 Å². The lowest BCUT2D eigenvalue weighted by molar-refractivity contribution is 0.0949. The highest BCUT2D eigenvalue weighted by atomic mass is 16.2. The average Bonchev–Trinajstić information content (AvgIpc) is 3.63. The van der Waals surface area contributed by atoms with Crippen LogP contribution in [0.2, 0.25) is 0 Å². The van der Waals surface area contributed by atoms with Gasteiger partial charge in [0.05, 0.1) is 11.4 Å². The van der Waals surface area contributed by atoms with Gasteiger partial charge in [0.15, 0.2) is 0 Å². The summed E-state index contributed by atoms with van der Waals surface area (Å²) in [6, 6.07) is 7.18. The predicted octanol–water partition coefficient (Wildman–Crippen LogP) is 3.16. The maximum absolute atomic E-state index is 13.0. The van der Waals surface area contributed by atoms with Crippen molar-refractivity contribution in [2.75, 3.05) is 0 Å². The third kappa shape index (κ3) is 4.03. The predicted molar refractivity (Wildman–Crippen MR) is 118 cm³/mol. The number of carbonyl (C=O) groups excluding carboxylic acids is 1. The average molecular weight is 408 g/mol. The van der Waals surface area contributed by atoms with Crippen LogP contribution in [0, 0.1) is 11.8 Å². The zero-order valence-electron chi connectivity index (χ0n) is 16.8. The number of fused-ring (bicyclic) bond motifs is 1. The zero-order chi connectivity index (χ0) is 21.2. The minimum absolute atomic E-state index is 0.141. The Morgan fingerprint density at radius 1 is 1.16 bits per heavy atom. The second kappa shape index (κ2) is 8.04. The van der Waals surface area contributed by atoms with Gasteiger partial charge < -0.3 is 9.88 Å². The van der Waals surface area contributed by atoms with Crippen molar-refractivity contribution in [3.8, 4) is 11.8 Å². The summed E-state index contributed by atoms with van der Waals surface area (Å²) in [6.45, 7) is 0. The van der Waals surface area contributed by atoms with Crippen molar-refractivity contribution >= 4 is 16.9 Å². The lowest BCUT2D eigenvalue weighted by Crippen LogP contribution is -2.31. The van der Waals surface area contributed by atoms with E-state index in [0.29, 0.717) is 11.0 Å². The van der Waals surface area contributed by atoms with Crippen LogP contribution in [0.5, 0.6) is 0 Å². The smallest absolute Gasteiger partial charge is 0.256 e. The van der Waals surface area contributed by atoms with Gasteiger partial charge >= 0.3 is 0 Å². The van der Waals surface area contributed by atoms with E-state index in [1.54, 1.807) is 36.9 Å². The second-order valence-electron chi connectivity index (χ2n) is 7.71. The van der Waals surface area contributed by atoms with Crippen molar-refractivity contribution in [2.24, 2.45) is 0 Å². The summed E-state index contributed by atoms with van der Waals surface area (Å²) in [5, 5.41) is 3.35. The first kappa shape index (κ1) is 19.0. The molecule has 152 valence electrons. The molecule has 5 rings (SSSR count). The molecule has 6 nitrogen and oxygen atoms in total. The van der Waals surface area contributed by atoms with Crippen LogP contribution in [0.1, 0.15) is 41.2 Å². The SMILES string of the molecule is O=C(NC1CC1)c1cn(C2C=CCC(C#Cc3cccnc3)=C2)c2ncccc2c1=O. The van der Waals surface area contributed by atoms with Gasteiger partial charge in [-0.3, -0.25) is 14.6 Å². The van der Waals surface area contributed by atoms with E-state index in [9.17, 15) is 9.59 Å². The van der Waals surface area contributed by atoms with E-state index in [4.69, 9.17) is 0 Å². The van der Waals surface area contributed by atoms with Crippen LogP contribution in [0.15, 0.2) is 77.6 Å². The summed E-state index contributed by atoms with van der Waals surface area (Å²) >= 11 is 0. The molecular weight excluding hydrogens is 388 g/mol. The summed E-state index contributed by atoms with van der Waals surface area (Å²) in [5.74, 6) is 6.02. The lowest BCUT2D eigenvalue weighted by atomic mass is 10.0. The number of amides is 1. The van der Waals surface area contributed by atoms with Crippen LogP contribution < -0.4 is 10.7 Å². The molecule has 1 fully saturated rings. The van der Waals surface area contributed by atoms with E-state index >= 15 is 0 Å². The van der Waals surface area contributed by atoms with E-state index in [-0.39, 0.29) is 29.0 Å². The molecule has 1 unspecified atom stereocenters. The second-order valence-corrected chi connectivity index (χ2v) is 7.71. The number of rotatable bonds is 3. The number of hydrogen-bond acceptors (Lipinski definition) is 4. The van der Waals surface area contributed by atoms with Crippen molar-refractivity contribution in [2.45, 2.75) is 31.3 Å². The van der Waals surface area contributed by atoms with Gasteiger partial charge in [0.25, 0.3) is 5.91 Å². The highest BCUT2D eigenvalue weighted by Gasteiger charge is 2.26. The Labute approximate surface area is 179 Å². The maximum Gasteiger partial charge on any atom is 0.256 e.